The number of carboxylic acids is 3. The van der Waals surface area contributed by atoms with Crippen molar-refractivity contribution >= 4 is 29.8 Å². The quantitative estimate of drug-likeness (QED) is 0.0938. The number of rotatable bonds is 10. The highest BCUT2D eigenvalue weighted by Gasteiger charge is 2.20. The summed E-state index contributed by atoms with van der Waals surface area (Å²) in [5.41, 5.74) is 25.1. The molecule has 30 heavy (non-hydrogen) atoms. The third kappa shape index (κ3) is 18.4. The molecule has 0 radical (unpaired) electrons. The molecule has 0 bridgehead atoms. The Hall–Kier alpha value is -2.97. The van der Waals surface area contributed by atoms with Crippen molar-refractivity contribution in [1.29, 1.82) is 0 Å². The van der Waals surface area contributed by atoms with Crippen LogP contribution in [0.2, 0.25) is 0 Å². The Morgan fingerprint density at radius 2 is 1.50 bits per heavy atom. The minimum atomic E-state index is -1.11. The number of carbonyl (C=O) groups excluding carboxylic acids is 1. The van der Waals surface area contributed by atoms with E-state index in [0.29, 0.717) is 19.4 Å². The van der Waals surface area contributed by atoms with E-state index in [1.54, 1.807) is 0 Å². The van der Waals surface area contributed by atoms with Crippen molar-refractivity contribution in [2.45, 2.75) is 56.7 Å². The van der Waals surface area contributed by atoms with Gasteiger partial charge in [-0.1, -0.05) is 0 Å². The van der Waals surface area contributed by atoms with Crippen LogP contribution < -0.4 is 34.0 Å². The summed E-state index contributed by atoms with van der Waals surface area (Å²) in [6, 6.07) is -2.07. The molecule has 0 aromatic rings. The van der Waals surface area contributed by atoms with Gasteiger partial charge in [0.2, 0.25) is 5.91 Å². The number of carbonyl (C=O) groups is 4. The van der Waals surface area contributed by atoms with Crippen molar-refractivity contribution in [3.8, 4) is 0 Å². The Morgan fingerprint density at radius 3 is 1.83 bits per heavy atom. The summed E-state index contributed by atoms with van der Waals surface area (Å²) in [6.45, 7) is 1.28. The van der Waals surface area contributed by atoms with Gasteiger partial charge in [-0.2, -0.15) is 0 Å². The maximum Gasteiger partial charge on any atom is 0.320 e. The summed E-state index contributed by atoms with van der Waals surface area (Å²) >= 11 is 0. The van der Waals surface area contributed by atoms with Crippen LogP contribution in [-0.4, -0.2) is 76.3 Å². The predicted octanol–water partition coefficient (Wildman–Crippen LogP) is -3.06. The van der Waals surface area contributed by atoms with Gasteiger partial charge in [0.25, 0.3) is 0 Å². The smallest absolute Gasteiger partial charge is 0.320 e. The van der Waals surface area contributed by atoms with Crippen molar-refractivity contribution in [3.63, 3.8) is 0 Å². The Bertz CT molecular complexity index is 576. The molecule has 1 saturated heterocycles. The molecule has 0 aromatic carbocycles. The van der Waals surface area contributed by atoms with Crippen LogP contribution in [0.3, 0.4) is 0 Å². The number of hydrogen-bond acceptors (Lipinski definition) is 8. The van der Waals surface area contributed by atoms with Crippen molar-refractivity contribution < 1.29 is 34.5 Å². The second kappa shape index (κ2) is 16.9. The summed E-state index contributed by atoms with van der Waals surface area (Å²) in [7, 11) is 0. The number of hydrogen-bond donors (Lipinski definition) is 9. The number of nitrogens with one attached hydrogen (secondary N) is 1. The van der Waals surface area contributed by atoms with Gasteiger partial charge in [-0.3, -0.25) is 24.2 Å². The largest absolute Gasteiger partial charge is 0.480 e. The molecule has 3 atom stereocenters. The Kier molecular flexibility index (Phi) is 16.5. The first kappa shape index (κ1) is 29.2. The number of primary amides is 1. The molecule has 1 aliphatic rings. The lowest BCUT2D eigenvalue weighted by molar-refractivity contribution is -0.139. The van der Waals surface area contributed by atoms with E-state index in [9.17, 15) is 19.2 Å². The molecule has 1 rings (SSSR count). The van der Waals surface area contributed by atoms with Crippen LogP contribution >= 0.6 is 0 Å². The molecule has 0 saturated carbocycles. The van der Waals surface area contributed by atoms with Crippen LogP contribution in [0, 0.1) is 0 Å². The Labute approximate surface area is 173 Å². The van der Waals surface area contributed by atoms with Crippen LogP contribution in [0.15, 0.2) is 4.99 Å². The molecular formula is C16H33N7O7. The van der Waals surface area contributed by atoms with Gasteiger partial charge in [0.05, 0.1) is 0 Å². The van der Waals surface area contributed by atoms with E-state index in [1.165, 1.54) is 0 Å². The molecule has 1 heterocycles. The topological polar surface area (TPSA) is 283 Å². The average Bonchev–Trinajstić information content (AvgIpc) is 3.18. The van der Waals surface area contributed by atoms with Crippen molar-refractivity contribution in [3.05, 3.63) is 0 Å². The lowest BCUT2D eigenvalue weighted by atomic mass is 10.2. The number of aliphatic carboxylic acids is 3. The lowest BCUT2D eigenvalue weighted by Crippen LogP contribution is -2.31. The first-order valence-electron chi connectivity index (χ1n) is 9.15. The molecule has 1 aliphatic heterocycles. The molecule has 14 heteroatoms. The highest BCUT2D eigenvalue weighted by atomic mass is 16.4. The van der Waals surface area contributed by atoms with Crippen LogP contribution in [0.1, 0.15) is 38.5 Å². The van der Waals surface area contributed by atoms with E-state index in [1.807, 2.05) is 0 Å². The summed E-state index contributed by atoms with van der Waals surface area (Å²) in [5.74, 6) is -3.35. The fourth-order valence-corrected chi connectivity index (χ4v) is 1.96. The average molecular weight is 435 g/mol. The minimum Gasteiger partial charge on any atom is -0.480 e. The van der Waals surface area contributed by atoms with Gasteiger partial charge in [-0.15, -0.1) is 0 Å². The molecule has 174 valence electrons. The van der Waals surface area contributed by atoms with Crippen LogP contribution in [0.5, 0.6) is 0 Å². The molecule has 14 N–H and O–H groups in total. The molecule has 1 fully saturated rings. The molecule has 0 spiro atoms. The van der Waals surface area contributed by atoms with Gasteiger partial charge in [0, 0.05) is 13.0 Å². The molecule has 1 amide bonds. The number of amides is 1. The number of carboxylic acid groups (broad SMARTS) is 3. The first-order chi connectivity index (χ1) is 13.9. The number of nitrogens with zero attached hydrogens (tertiary/aromatic N) is 1. The summed E-state index contributed by atoms with van der Waals surface area (Å²) < 4.78 is 0. The van der Waals surface area contributed by atoms with Gasteiger partial charge in [-0.05, 0) is 38.6 Å². The number of guanidine groups is 1. The van der Waals surface area contributed by atoms with E-state index in [4.69, 9.17) is 44.0 Å². The minimum absolute atomic E-state index is 0.0129. The normalized spacial score (nSPS) is 16.5. The SMILES string of the molecule is NC(=O)CC[C@H](N)C(=O)O.NC(N)=NCCC[C@H](N)C(=O)O.O=C(O)[C@@H]1CCCN1. The second-order valence-electron chi connectivity index (χ2n) is 6.33. The second-order valence-corrected chi connectivity index (χ2v) is 6.33. The van der Waals surface area contributed by atoms with E-state index in [0.717, 1.165) is 19.4 Å². The highest BCUT2D eigenvalue weighted by molar-refractivity contribution is 5.77. The van der Waals surface area contributed by atoms with E-state index in [-0.39, 0.29) is 24.8 Å². The summed E-state index contributed by atoms with van der Waals surface area (Å²) in [6.07, 6.45) is 2.86. The van der Waals surface area contributed by atoms with Gasteiger partial charge < -0.3 is 49.3 Å². The van der Waals surface area contributed by atoms with Crippen molar-refractivity contribution in [1.82, 2.24) is 5.32 Å². The van der Waals surface area contributed by atoms with Gasteiger partial charge in [0.15, 0.2) is 5.96 Å². The monoisotopic (exact) mass is 435 g/mol. The lowest BCUT2D eigenvalue weighted by Gasteiger charge is -2.03. The van der Waals surface area contributed by atoms with E-state index >= 15 is 0 Å². The summed E-state index contributed by atoms with van der Waals surface area (Å²) in [4.78, 5) is 44.2. The Morgan fingerprint density at radius 1 is 0.967 bits per heavy atom. The van der Waals surface area contributed by atoms with Crippen LogP contribution in [-0.2, 0) is 19.2 Å². The molecule has 0 aromatic heterocycles. The molecular weight excluding hydrogens is 402 g/mol. The van der Waals surface area contributed by atoms with E-state index in [2.05, 4.69) is 10.3 Å². The fraction of sp³-hybridized carbons (Fsp3) is 0.688. The highest BCUT2D eigenvalue weighted by Crippen LogP contribution is 2.03. The predicted molar refractivity (Wildman–Crippen MR) is 108 cm³/mol. The van der Waals surface area contributed by atoms with Crippen molar-refractivity contribution in [2.24, 2.45) is 33.7 Å². The fourth-order valence-electron chi connectivity index (χ4n) is 1.96. The van der Waals surface area contributed by atoms with Gasteiger partial charge >= 0.3 is 17.9 Å². The molecule has 0 aliphatic carbocycles. The first-order valence-corrected chi connectivity index (χ1v) is 9.15. The van der Waals surface area contributed by atoms with Crippen LogP contribution in [0.4, 0.5) is 0 Å². The maximum atomic E-state index is 10.2. The van der Waals surface area contributed by atoms with E-state index < -0.39 is 35.9 Å². The zero-order valence-corrected chi connectivity index (χ0v) is 16.7. The third-order valence-electron chi connectivity index (χ3n) is 3.66. The van der Waals surface area contributed by atoms with Crippen LogP contribution in [0.25, 0.3) is 0 Å². The number of aliphatic imine (C=N–C) groups is 1. The standard InChI is InChI=1S/C6H14N4O2.C5H10N2O3.C5H9NO2/c7-4(5(11)12)2-1-3-10-6(8)9;6-3(5(9)10)1-2-4(7)8;7-5(8)4-2-1-3-6-4/h4H,1-3,7H2,(H,11,12)(H4,8,9,10);3H,1-2,6H2,(H2,7,8)(H,9,10);4,6H,1-3H2,(H,7,8)/t4-;3-;4-/m000/s1. The number of nitrogens with two attached hydrogens (primary N) is 5. The van der Waals surface area contributed by atoms with Gasteiger partial charge in [0.1, 0.15) is 18.1 Å². The zero-order chi connectivity index (χ0) is 23.7. The zero-order valence-electron chi connectivity index (χ0n) is 16.7. The third-order valence-corrected chi connectivity index (χ3v) is 3.66. The molecule has 0 unspecified atom stereocenters. The van der Waals surface area contributed by atoms with Crippen molar-refractivity contribution in [2.75, 3.05) is 13.1 Å². The van der Waals surface area contributed by atoms with Gasteiger partial charge in [-0.25, -0.2) is 0 Å². The molecule has 14 nitrogen and oxygen atoms in total. The summed E-state index contributed by atoms with van der Waals surface area (Å²) in [5, 5.41) is 27.8. The Balaban J connectivity index is 0. The maximum absolute atomic E-state index is 10.2.